The summed E-state index contributed by atoms with van der Waals surface area (Å²) in [7, 11) is 0. The summed E-state index contributed by atoms with van der Waals surface area (Å²) < 4.78 is 0. The van der Waals surface area contributed by atoms with Gasteiger partial charge in [-0.05, 0) is 63.5 Å². The van der Waals surface area contributed by atoms with Crippen LogP contribution in [0.3, 0.4) is 0 Å². The molecular weight excluding hydrogens is 291 g/mol. The number of piperidine rings is 1. The Bertz CT molecular complexity index is 390. The van der Waals surface area contributed by atoms with E-state index in [1.165, 1.54) is 38.0 Å². The van der Waals surface area contributed by atoms with Crippen LogP contribution in [-0.2, 0) is 0 Å². The smallest absolute Gasteiger partial charge is 0.0453 e. The number of hydrogen-bond donors (Lipinski definition) is 1. The normalized spacial score (nSPS) is 18.6. The van der Waals surface area contributed by atoms with Crippen molar-refractivity contribution in [2.24, 2.45) is 5.92 Å². The van der Waals surface area contributed by atoms with Crippen molar-refractivity contribution in [3.05, 3.63) is 34.9 Å². The highest BCUT2D eigenvalue weighted by atomic mass is 35.5. The van der Waals surface area contributed by atoms with Crippen LogP contribution in [0.1, 0.15) is 38.3 Å². The van der Waals surface area contributed by atoms with Crippen molar-refractivity contribution in [3.63, 3.8) is 0 Å². The monoisotopic (exact) mass is 316 g/mol. The summed E-state index contributed by atoms with van der Waals surface area (Å²) in [5, 5.41) is 4.36. The molecule has 2 rings (SSSR count). The third kappa shape index (κ3) is 4.63. The third-order valence-electron chi connectivity index (χ3n) is 4.24. The molecule has 1 aliphatic rings. The summed E-state index contributed by atoms with van der Waals surface area (Å²) in [6.07, 6.45) is 2.59. The number of nitrogens with zero attached hydrogens (tertiary/aromatic N) is 1. The number of benzene rings is 1. The van der Waals surface area contributed by atoms with Crippen LogP contribution in [0.15, 0.2) is 24.3 Å². The lowest BCUT2D eigenvalue weighted by Crippen LogP contribution is -2.38. The fourth-order valence-electron chi connectivity index (χ4n) is 2.90. The average molecular weight is 317 g/mol. The average Bonchev–Trinajstić information content (AvgIpc) is 2.45. The molecule has 20 heavy (non-hydrogen) atoms. The summed E-state index contributed by atoms with van der Waals surface area (Å²) in [5.41, 5.74) is 1.26. The Morgan fingerprint density at radius 2 is 1.95 bits per heavy atom. The topological polar surface area (TPSA) is 15.3 Å². The molecule has 1 aliphatic heterocycles. The molecule has 1 N–H and O–H groups in total. The van der Waals surface area contributed by atoms with Crippen molar-refractivity contribution < 1.29 is 0 Å². The lowest BCUT2D eigenvalue weighted by molar-refractivity contribution is 0.140. The summed E-state index contributed by atoms with van der Waals surface area (Å²) in [4.78, 5) is 2.56. The molecule has 1 unspecified atom stereocenters. The Balaban J connectivity index is 0.00000200. The van der Waals surface area contributed by atoms with Crippen LogP contribution < -0.4 is 5.32 Å². The van der Waals surface area contributed by atoms with E-state index in [0.717, 1.165) is 17.5 Å². The molecule has 1 fully saturated rings. The van der Waals surface area contributed by atoms with Gasteiger partial charge in [0.1, 0.15) is 0 Å². The number of halogens is 2. The minimum atomic E-state index is 0. The fourth-order valence-corrected chi connectivity index (χ4v) is 3.20. The number of rotatable bonds is 5. The first-order chi connectivity index (χ1) is 9.22. The van der Waals surface area contributed by atoms with Gasteiger partial charge in [0.05, 0.1) is 0 Å². The predicted octanol–water partition coefficient (Wildman–Crippen LogP) is 4.14. The minimum absolute atomic E-state index is 0. The van der Waals surface area contributed by atoms with Gasteiger partial charge < -0.3 is 5.32 Å². The molecule has 0 aromatic heterocycles. The highest BCUT2D eigenvalue weighted by Gasteiger charge is 2.24. The zero-order valence-corrected chi connectivity index (χ0v) is 14.0. The van der Waals surface area contributed by atoms with Crippen molar-refractivity contribution >= 4 is 24.0 Å². The van der Waals surface area contributed by atoms with E-state index in [4.69, 9.17) is 11.6 Å². The summed E-state index contributed by atoms with van der Waals surface area (Å²) in [6.45, 7) is 9.06. The Morgan fingerprint density at radius 1 is 1.30 bits per heavy atom. The van der Waals surface area contributed by atoms with E-state index >= 15 is 0 Å². The largest absolute Gasteiger partial charge is 0.317 e. The Hall–Kier alpha value is -0.280. The molecule has 1 heterocycles. The van der Waals surface area contributed by atoms with Crippen LogP contribution >= 0.6 is 24.0 Å². The second-order valence-corrected chi connectivity index (χ2v) is 5.89. The summed E-state index contributed by atoms with van der Waals surface area (Å²) in [6, 6.07) is 8.65. The Labute approximate surface area is 134 Å². The standard InChI is InChI=1S/C16H25ClN2.ClH/c1-3-18-12-14-8-10-19(11-9-14)13(2)15-6-4-5-7-16(15)17;/h4-7,13-14,18H,3,8-12H2,1-2H3;1H. The van der Waals surface area contributed by atoms with Gasteiger partial charge in [-0.15, -0.1) is 12.4 Å². The molecule has 0 aliphatic carbocycles. The van der Waals surface area contributed by atoms with Gasteiger partial charge in [-0.1, -0.05) is 36.7 Å². The first-order valence-electron chi connectivity index (χ1n) is 7.41. The summed E-state index contributed by atoms with van der Waals surface area (Å²) in [5.74, 6) is 0.842. The van der Waals surface area contributed by atoms with Gasteiger partial charge in [-0.2, -0.15) is 0 Å². The minimum Gasteiger partial charge on any atom is -0.317 e. The van der Waals surface area contributed by atoms with Gasteiger partial charge >= 0.3 is 0 Å². The molecule has 0 saturated carbocycles. The van der Waals surface area contributed by atoms with Crippen LogP contribution in [0.5, 0.6) is 0 Å². The zero-order chi connectivity index (χ0) is 13.7. The fraction of sp³-hybridized carbons (Fsp3) is 0.625. The van der Waals surface area contributed by atoms with Crippen molar-refractivity contribution in [2.45, 2.75) is 32.7 Å². The van der Waals surface area contributed by atoms with Crippen LogP contribution in [0.2, 0.25) is 5.02 Å². The first kappa shape index (κ1) is 17.8. The number of nitrogens with one attached hydrogen (secondary N) is 1. The van der Waals surface area contributed by atoms with Crippen LogP contribution in [0.25, 0.3) is 0 Å². The molecule has 1 aromatic carbocycles. The maximum absolute atomic E-state index is 6.30. The second-order valence-electron chi connectivity index (χ2n) is 5.48. The van der Waals surface area contributed by atoms with E-state index in [1.807, 2.05) is 12.1 Å². The van der Waals surface area contributed by atoms with E-state index in [0.29, 0.717) is 6.04 Å². The van der Waals surface area contributed by atoms with Gasteiger partial charge in [0.2, 0.25) is 0 Å². The quantitative estimate of drug-likeness (QED) is 0.878. The van der Waals surface area contributed by atoms with Crippen molar-refractivity contribution in [1.82, 2.24) is 10.2 Å². The number of hydrogen-bond acceptors (Lipinski definition) is 2. The third-order valence-corrected chi connectivity index (χ3v) is 4.58. The van der Waals surface area contributed by atoms with Crippen molar-refractivity contribution in [3.8, 4) is 0 Å². The van der Waals surface area contributed by atoms with Crippen LogP contribution in [0.4, 0.5) is 0 Å². The Kier molecular flexibility index (Phi) is 7.90. The summed E-state index contributed by atoms with van der Waals surface area (Å²) >= 11 is 6.30. The molecule has 1 atom stereocenters. The van der Waals surface area contributed by atoms with Gasteiger partial charge in [0.25, 0.3) is 0 Å². The van der Waals surface area contributed by atoms with E-state index < -0.39 is 0 Å². The maximum atomic E-state index is 6.30. The molecule has 114 valence electrons. The van der Waals surface area contributed by atoms with E-state index in [9.17, 15) is 0 Å². The zero-order valence-electron chi connectivity index (χ0n) is 12.4. The van der Waals surface area contributed by atoms with Gasteiger partial charge in [0.15, 0.2) is 0 Å². The molecule has 0 radical (unpaired) electrons. The van der Waals surface area contributed by atoms with Gasteiger partial charge in [0, 0.05) is 11.1 Å². The number of likely N-dealkylation sites (tertiary alicyclic amines) is 1. The van der Waals surface area contributed by atoms with Crippen LogP contribution in [0, 0.1) is 5.92 Å². The molecule has 0 amide bonds. The highest BCUT2D eigenvalue weighted by molar-refractivity contribution is 6.31. The molecule has 2 nitrogen and oxygen atoms in total. The molecule has 1 saturated heterocycles. The lowest BCUT2D eigenvalue weighted by Gasteiger charge is -2.36. The molecule has 1 aromatic rings. The Morgan fingerprint density at radius 3 is 2.55 bits per heavy atom. The highest BCUT2D eigenvalue weighted by Crippen LogP contribution is 2.30. The van der Waals surface area contributed by atoms with Crippen LogP contribution in [-0.4, -0.2) is 31.1 Å². The maximum Gasteiger partial charge on any atom is 0.0453 e. The molecule has 4 heteroatoms. The first-order valence-corrected chi connectivity index (χ1v) is 7.79. The van der Waals surface area contributed by atoms with E-state index in [1.54, 1.807) is 0 Å². The lowest BCUT2D eigenvalue weighted by atomic mass is 9.94. The molecular formula is C16H26Cl2N2. The molecule has 0 spiro atoms. The van der Waals surface area contributed by atoms with Crippen molar-refractivity contribution in [2.75, 3.05) is 26.2 Å². The van der Waals surface area contributed by atoms with Gasteiger partial charge in [-0.3, -0.25) is 4.90 Å². The van der Waals surface area contributed by atoms with Crippen molar-refractivity contribution in [1.29, 1.82) is 0 Å². The second kappa shape index (κ2) is 8.89. The predicted molar refractivity (Wildman–Crippen MR) is 90.0 cm³/mol. The SMILES string of the molecule is CCNCC1CCN(C(C)c2ccccc2Cl)CC1.Cl. The van der Waals surface area contributed by atoms with E-state index in [2.05, 4.69) is 36.2 Å². The van der Waals surface area contributed by atoms with E-state index in [-0.39, 0.29) is 12.4 Å². The molecule has 0 bridgehead atoms. The van der Waals surface area contributed by atoms with Gasteiger partial charge in [-0.25, -0.2) is 0 Å².